The summed E-state index contributed by atoms with van der Waals surface area (Å²) in [5.41, 5.74) is -0.0407. The minimum absolute atomic E-state index is 0.269. The van der Waals surface area contributed by atoms with Crippen LogP contribution in [0.3, 0.4) is 0 Å². The van der Waals surface area contributed by atoms with E-state index >= 15 is 0 Å². The second-order valence-electron chi connectivity index (χ2n) is 3.48. The average Bonchev–Trinajstić information content (AvgIpc) is 2.35. The van der Waals surface area contributed by atoms with Crippen molar-refractivity contribution >= 4 is 0 Å². The molecule has 0 aliphatic heterocycles. The predicted octanol–water partition coefficient (Wildman–Crippen LogP) is 4.23. The Bertz CT molecular complexity index is 540. The zero-order chi connectivity index (χ0) is 13.1. The lowest BCUT2D eigenvalue weighted by atomic mass is 10.0. The van der Waals surface area contributed by atoms with E-state index < -0.39 is 24.0 Å². The molecule has 0 unspecified atom stereocenters. The van der Waals surface area contributed by atoms with Crippen molar-refractivity contribution in [3.63, 3.8) is 0 Å². The summed E-state index contributed by atoms with van der Waals surface area (Å²) in [4.78, 5) is 0. The number of rotatable bonds is 3. The van der Waals surface area contributed by atoms with Gasteiger partial charge in [0, 0.05) is 0 Å². The van der Waals surface area contributed by atoms with E-state index in [0.717, 1.165) is 12.1 Å². The minimum Gasteiger partial charge on any atom is -0.434 e. The Morgan fingerprint density at radius 3 is 2.17 bits per heavy atom. The van der Waals surface area contributed by atoms with Gasteiger partial charge in [0.2, 0.25) is 0 Å². The minimum atomic E-state index is -3.10. The van der Waals surface area contributed by atoms with Crippen LogP contribution in [0.15, 0.2) is 42.5 Å². The van der Waals surface area contributed by atoms with Gasteiger partial charge in [0.05, 0.1) is 5.56 Å². The number of ether oxygens (including phenoxy) is 1. The van der Waals surface area contributed by atoms with E-state index in [0.29, 0.717) is 0 Å². The Balaban J connectivity index is 2.59. The van der Waals surface area contributed by atoms with Crippen molar-refractivity contribution in [3.05, 3.63) is 54.1 Å². The molecule has 0 bridgehead atoms. The third kappa shape index (κ3) is 2.45. The number of benzene rings is 2. The first-order valence-electron chi connectivity index (χ1n) is 5.08. The lowest BCUT2D eigenvalue weighted by Gasteiger charge is -2.12. The summed E-state index contributed by atoms with van der Waals surface area (Å²) in [6.45, 7) is -3.10. The van der Waals surface area contributed by atoms with Gasteiger partial charge in [-0.2, -0.15) is 8.78 Å². The van der Waals surface area contributed by atoms with E-state index in [9.17, 15) is 17.6 Å². The number of halogens is 4. The van der Waals surface area contributed by atoms with Crippen LogP contribution in [-0.4, -0.2) is 6.61 Å². The lowest BCUT2D eigenvalue weighted by Crippen LogP contribution is -2.05. The summed E-state index contributed by atoms with van der Waals surface area (Å²) in [5, 5.41) is 0. The smallest absolute Gasteiger partial charge is 0.387 e. The van der Waals surface area contributed by atoms with Gasteiger partial charge in [-0.25, -0.2) is 8.78 Å². The van der Waals surface area contributed by atoms with E-state index in [2.05, 4.69) is 4.74 Å². The maximum absolute atomic E-state index is 13.7. The molecule has 0 saturated heterocycles. The highest BCUT2D eigenvalue weighted by molar-refractivity contribution is 5.71. The molecule has 0 N–H and O–H groups in total. The molecule has 94 valence electrons. The first-order valence-corrected chi connectivity index (χ1v) is 5.08. The van der Waals surface area contributed by atoms with Crippen molar-refractivity contribution in [2.45, 2.75) is 6.61 Å². The molecule has 0 heterocycles. The van der Waals surface area contributed by atoms with Crippen molar-refractivity contribution in [1.29, 1.82) is 0 Å². The quantitative estimate of drug-likeness (QED) is 0.746. The Morgan fingerprint density at radius 2 is 1.56 bits per heavy atom. The van der Waals surface area contributed by atoms with E-state index in [1.807, 2.05) is 0 Å². The van der Waals surface area contributed by atoms with Gasteiger partial charge in [-0.1, -0.05) is 30.3 Å². The van der Waals surface area contributed by atoms with Crippen LogP contribution >= 0.6 is 0 Å². The maximum atomic E-state index is 13.7. The highest BCUT2D eigenvalue weighted by Gasteiger charge is 2.18. The highest BCUT2D eigenvalue weighted by atomic mass is 19.3. The summed E-state index contributed by atoms with van der Waals surface area (Å²) in [6.07, 6.45) is 0. The molecule has 0 radical (unpaired) electrons. The van der Waals surface area contributed by atoms with Crippen LogP contribution in [0.25, 0.3) is 11.1 Å². The van der Waals surface area contributed by atoms with Crippen molar-refractivity contribution in [2.24, 2.45) is 0 Å². The molecule has 5 heteroatoms. The third-order valence-electron chi connectivity index (χ3n) is 2.34. The van der Waals surface area contributed by atoms with E-state index in [1.165, 1.54) is 12.1 Å². The van der Waals surface area contributed by atoms with Crippen LogP contribution in [-0.2, 0) is 0 Å². The molecule has 0 atom stereocenters. The molecule has 1 nitrogen and oxygen atoms in total. The predicted molar refractivity (Wildman–Crippen MR) is 58.4 cm³/mol. The van der Waals surface area contributed by atoms with Gasteiger partial charge in [0.25, 0.3) is 0 Å². The zero-order valence-corrected chi connectivity index (χ0v) is 9.04. The molecule has 0 saturated carbocycles. The molecule has 2 aromatic rings. The SMILES string of the molecule is Fc1ccc(OC(F)F)c(-c2ccccc2)c1F. The molecule has 0 fully saturated rings. The normalized spacial score (nSPS) is 10.7. The van der Waals surface area contributed by atoms with Crippen LogP contribution < -0.4 is 4.74 Å². The molecule has 2 aromatic carbocycles. The van der Waals surface area contributed by atoms with Gasteiger partial charge >= 0.3 is 6.61 Å². The summed E-state index contributed by atoms with van der Waals surface area (Å²) >= 11 is 0. The van der Waals surface area contributed by atoms with Gasteiger partial charge in [-0.15, -0.1) is 0 Å². The largest absolute Gasteiger partial charge is 0.434 e. The third-order valence-corrected chi connectivity index (χ3v) is 2.34. The van der Waals surface area contributed by atoms with Crippen LogP contribution in [0.5, 0.6) is 5.75 Å². The first kappa shape index (κ1) is 12.4. The van der Waals surface area contributed by atoms with Crippen molar-refractivity contribution in [3.8, 4) is 16.9 Å². The molecule has 0 aliphatic carbocycles. The van der Waals surface area contributed by atoms with Crippen molar-refractivity contribution in [2.75, 3.05) is 0 Å². The molecule has 0 aliphatic rings. The molecule has 18 heavy (non-hydrogen) atoms. The van der Waals surface area contributed by atoms with E-state index in [-0.39, 0.29) is 11.1 Å². The molecular formula is C13H8F4O. The van der Waals surface area contributed by atoms with Gasteiger partial charge < -0.3 is 4.74 Å². The summed E-state index contributed by atoms with van der Waals surface area (Å²) in [5.74, 6) is -2.72. The van der Waals surface area contributed by atoms with Gasteiger partial charge in [0.15, 0.2) is 11.6 Å². The molecule has 0 spiro atoms. The summed E-state index contributed by atoms with van der Waals surface area (Å²) in [6, 6.07) is 9.55. The molecule has 0 amide bonds. The molecule has 0 aromatic heterocycles. The summed E-state index contributed by atoms with van der Waals surface area (Å²) in [7, 11) is 0. The fourth-order valence-corrected chi connectivity index (χ4v) is 1.60. The maximum Gasteiger partial charge on any atom is 0.387 e. The van der Waals surface area contributed by atoms with E-state index in [4.69, 9.17) is 0 Å². The summed E-state index contributed by atoms with van der Waals surface area (Å²) < 4.78 is 55.5. The second-order valence-corrected chi connectivity index (χ2v) is 3.48. The van der Waals surface area contributed by atoms with Crippen LogP contribution in [0, 0.1) is 11.6 Å². The second kappa shape index (κ2) is 5.08. The topological polar surface area (TPSA) is 9.23 Å². The Hall–Kier alpha value is -2.04. The fourth-order valence-electron chi connectivity index (χ4n) is 1.60. The first-order chi connectivity index (χ1) is 8.59. The number of hydrogen-bond donors (Lipinski definition) is 0. The number of alkyl halides is 2. The Labute approximate surface area is 101 Å². The standard InChI is InChI=1S/C13H8F4O/c14-9-6-7-10(18-13(16)17)11(12(9)15)8-4-2-1-3-5-8/h1-7,13H. The molecular weight excluding hydrogens is 248 g/mol. The fraction of sp³-hybridized carbons (Fsp3) is 0.0769. The Kier molecular flexibility index (Phi) is 3.50. The van der Waals surface area contributed by atoms with Gasteiger partial charge in [-0.05, 0) is 17.7 Å². The van der Waals surface area contributed by atoms with Crippen molar-refractivity contribution in [1.82, 2.24) is 0 Å². The van der Waals surface area contributed by atoms with Crippen LogP contribution in [0.2, 0.25) is 0 Å². The number of hydrogen-bond acceptors (Lipinski definition) is 1. The average molecular weight is 256 g/mol. The Morgan fingerprint density at radius 1 is 0.889 bits per heavy atom. The monoisotopic (exact) mass is 256 g/mol. The lowest BCUT2D eigenvalue weighted by molar-refractivity contribution is -0.0496. The van der Waals surface area contributed by atoms with E-state index in [1.54, 1.807) is 18.2 Å². The molecule has 2 rings (SSSR count). The zero-order valence-electron chi connectivity index (χ0n) is 9.04. The van der Waals surface area contributed by atoms with Crippen LogP contribution in [0.1, 0.15) is 0 Å². The van der Waals surface area contributed by atoms with Crippen LogP contribution in [0.4, 0.5) is 17.6 Å². The van der Waals surface area contributed by atoms with Gasteiger partial charge in [0.1, 0.15) is 5.75 Å². The van der Waals surface area contributed by atoms with Gasteiger partial charge in [-0.3, -0.25) is 0 Å². The van der Waals surface area contributed by atoms with Crippen molar-refractivity contribution < 1.29 is 22.3 Å². The highest BCUT2D eigenvalue weighted by Crippen LogP contribution is 2.34.